The van der Waals surface area contributed by atoms with Crippen molar-refractivity contribution in [2.75, 3.05) is 11.9 Å². The molecular weight excluding hydrogens is 536 g/mol. The molecular formula is C26H20BrClN2O5. The maximum Gasteiger partial charge on any atom is 0.335 e. The predicted molar refractivity (Wildman–Crippen MR) is 137 cm³/mol. The van der Waals surface area contributed by atoms with E-state index in [-0.39, 0.29) is 23.4 Å². The standard InChI is InChI=1S/C26H20BrClN2O5/c1-2-34-23-12-17(11-22(27)24(23)35-15-16-6-8-20(28)9-7-16)10-19(14-29)25(31)30-21-5-3-4-18(13-21)26(32)33/h3-13H,2,15H2,1H3,(H,30,31)(H,32,33)/b19-10-. The molecule has 3 aromatic rings. The average molecular weight is 556 g/mol. The summed E-state index contributed by atoms with van der Waals surface area (Å²) in [7, 11) is 0. The third kappa shape index (κ3) is 7.09. The lowest BCUT2D eigenvalue weighted by Gasteiger charge is -2.15. The van der Waals surface area contributed by atoms with Gasteiger partial charge in [-0.1, -0.05) is 29.8 Å². The van der Waals surface area contributed by atoms with Gasteiger partial charge in [0, 0.05) is 10.7 Å². The minimum Gasteiger partial charge on any atom is -0.490 e. The van der Waals surface area contributed by atoms with Crippen molar-refractivity contribution in [3.63, 3.8) is 0 Å². The van der Waals surface area contributed by atoms with Crippen LogP contribution in [0, 0.1) is 11.3 Å². The monoisotopic (exact) mass is 554 g/mol. The van der Waals surface area contributed by atoms with Crippen molar-refractivity contribution in [2.45, 2.75) is 13.5 Å². The molecule has 0 aromatic heterocycles. The molecule has 3 rings (SSSR count). The normalized spacial score (nSPS) is 10.9. The molecule has 0 spiro atoms. The Morgan fingerprint density at radius 3 is 2.54 bits per heavy atom. The number of nitriles is 1. The number of carbonyl (C=O) groups excluding carboxylic acids is 1. The fourth-order valence-corrected chi connectivity index (χ4v) is 3.75. The molecule has 0 aliphatic carbocycles. The van der Waals surface area contributed by atoms with Gasteiger partial charge >= 0.3 is 5.97 Å². The highest BCUT2D eigenvalue weighted by atomic mass is 79.9. The highest BCUT2D eigenvalue weighted by Gasteiger charge is 2.15. The molecule has 0 fully saturated rings. The van der Waals surface area contributed by atoms with Crippen molar-refractivity contribution in [3.8, 4) is 17.6 Å². The second-order valence-corrected chi connectivity index (χ2v) is 8.48. The van der Waals surface area contributed by atoms with Gasteiger partial charge in [-0.2, -0.15) is 5.26 Å². The van der Waals surface area contributed by atoms with Crippen molar-refractivity contribution in [1.82, 2.24) is 0 Å². The second kappa shape index (κ2) is 12.1. The van der Waals surface area contributed by atoms with Crippen molar-refractivity contribution >= 4 is 51.2 Å². The van der Waals surface area contributed by atoms with Crippen LogP contribution in [-0.2, 0) is 11.4 Å². The van der Waals surface area contributed by atoms with Crippen LogP contribution in [0.2, 0.25) is 5.02 Å². The number of carboxylic acids is 1. The van der Waals surface area contributed by atoms with E-state index in [0.29, 0.717) is 33.2 Å². The predicted octanol–water partition coefficient (Wildman–Crippen LogP) is 6.32. The lowest BCUT2D eigenvalue weighted by Crippen LogP contribution is -2.14. The minimum absolute atomic E-state index is 0.0183. The Morgan fingerprint density at radius 2 is 1.89 bits per heavy atom. The summed E-state index contributed by atoms with van der Waals surface area (Å²) in [5.41, 5.74) is 1.56. The Morgan fingerprint density at radius 1 is 1.14 bits per heavy atom. The van der Waals surface area contributed by atoms with E-state index in [1.54, 1.807) is 24.3 Å². The third-order valence-electron chi connectivity index (χ3n) is 4.67. The molecule has 0 unspecified atom stereocenters. The summed E-state index contributed by atoms with van der Waals surface area (Å²) in [6, 6.07) is 18.3. The molecule has 9 heteroatoms. The zero-order valence-corrected chi connectivity index (χ0v) is 20.9. The lowest BCUT2D eigenvalue weighted by molar-refractivity contribution is -0.112. The molecule has 0 bridgehead atoms. The number of carboxylic acid groups (broad SMARTS) is 1. The van der Waals surface area contributed by atoms with Gasteiger partial charge in [0.15, 0.2) is 11.5 Å². The number of benzene rings is 3. The Hall–Kier alpha value is -3.80. The molecule has 3 aromatic carbocycles. The van der Waals surface area contributed by atoms with E-state index in [4.69, 9.17) is 26.2 Å². The molecule has 0 saturated heterocycles. The minimum atomic E-state index is -1.12. The summed E-state index contributed by atoms with van der Waals surface area (Å²) in [6.07, 6.45) is 1.41. The molecule has 1 amide bonds. The average Bonchev–Trinajstić information content (AvgIpc) is 2.83. The van der Waals surface area contributed by atoms with Crippen LogP contribution in [-0.4, -0.2) is 23.6 Å². The van der Waals surface area contributed by atoms with E-state index in [0.717, 1.165) is 5.56 Å². The maximum atomic E-state index is 12.6. The van der Waals surface area contributed by atoms with Gasteiger partial charge in [0.25, 0.3) is 5.91 Å². The van der Waals surface area contributed by atoms with Crippen LogP contribution in [0.5, 0.6) is 11.5 Å². The fourth-order valence-electron chi connectivity index (χ4n) is 3.05. The molecule has 0 aliphatic heterocycles. The smallest absolute Gasteiger partial charge is 0.335 e. The van der Waals surface area contributed by atoms with Crippen LogP contribution >= 0.6 is 27.5 Å². The van der Waals surface area contributed by atoms with E-state index in [9.17, 15) is 14.9 Å². The first-order chi connectivity index (χ1) is 16.8. The Balaban J connectivity index is 1.84. The van der Waals surface area contributed by atoms with Crippen LogP contribution in [0.3, 0.4) is 0 Å². The van der Waals surface area contributed by atoms with Gasteiger partial charge in [0.05, 0.1) is 16.6 Å². The summed E-state index contributed by atoms with van der Waals surface area (Å²) < 4.78 is 12.3. The largest absolute Gasteiger partial charge is 0.490 e. The van der Waals surface area contributed by atoms with Crippen LogP contribution in [0.25, 0.3) is 6.08 Å². The lowest BCUT2D eigenvalue weighted by atomic mass is 10.1. The van der Waals surface area contributed by atoms with Gasteiger partial charge in [-0.15, -0.1) is 0 Å². The number of nitrogens with zero attached hydrogens (tertiary/aromatic N) is 1. The summed E-state index contributed by atoms with van der Waals surface area (Å²) in [5, 5.41) is 21.9. The Labute approximate surface area is 215 Å². The first-order valence-corrected chi connectivity index (χ1v) is 11.6. The number of amides is 1. The number of ether oxygens (including phenoxy) is 2. The zero-order chi connectivity index (χ0) is 25.4. The fraction of sp³-hybridized carbons (Fsp3) is 0.115. The number of nitrogens with one attached hydrogen (secondary N) is 1. The van der Waals surface area contributed by atoms with Gasteiger partial charge in [0.2, 0.25) is 0 Å². The topological polar surface area (TPSA) is 109 Å². The van der Waals surface area contributed by atoms with Crippen molar-refractivity contribution < 1.29 is 24.2 Å². The van der Waals surface area contributed by atoms with E-state index in [2.05, 4.69) is 21.2 Å². The maximum absolute atomic E-state index is 12.6. The van der Waals surface area contributed by atoms with E-state index < -0.39 is 11.9 Å². The number of halogens is 2. The molecule has 0 saturated carbocycles. The number of carbonyl (C=O) groups is 2. The summed E-state index contributed by atoms with van der Waals surface area (Å²) in [5.74, 6) is -0.877. The molecule has 0 atom stereocenters. The highest BCUT2D eigenvalue weighted by Crippen LogP contribution is 2.38. The molecule has 178 valence electrons. The molecule has 35 heavy (non-hydrogen) atoms. The van der Waals surface area contributed by atoms with E-state index in [1.165, 1.54) is 30.3 Å². The van der Waals surface area contributed by atoms with Crippen LogP contribution in [0.1, 0.15) is 28.4 Å². The van der Waals surface area contributed by atoms with Crippen molar-refractivity contribution in [1.29, 1.82) is 5.26 Å². The molecule has 0 radical (unpaired) electrons. The number of rotatable bonds is 9. The first-order valence-electron chi connectivity index (χ1n) is 10.4. The number of anilines is 1. The second-order valence-electron chi connectivity index (χ2n) is 7.19. The molecule has 0 heterocycles. The molecule has 7 nitrogen and oxygen atoms in total. The zero-order valence-electron chi connectivity index (χ0n) is 18.5. The number of hydrogen-bond donors (Lipinski definition) is 2. The quantitative estimate of drug-likeness (QED) is 0.236. The van der Waals surface area contributed by atoms with Crippen LogP contribution < -0.4 is 14.8 Å². The van der Waals surface area contributed by atoms with Crippen LogP contribution in [0.15, 0.2) is 70.7 Å². The summed E-state index contributed by atoms with van der Waals surface area (Å²) in [6.45, 7) is 2.49. The van der Waals surface area contributed by atoms with E-state index in [1.807, 2.05) is 25.1 Å². The SMILES string of the molecule is CCOc1cc(/C=C(/C#N)C(=O)Nc2cccc(C(=O)O)c2)cc(Br)c1OCc1ccc(Cl)cc1. The van der Waals surface area contributed by atoms with Crippen LogP contribution in [0.4, 0.5) is 5.69 Å². The van der Waals surface area contributed by atoms with Gasteiger partial charge < -0.3 is 19.9 Å². The van der Waals surface area contributed by atoms with Gasteiger partial charge in [-0.05, 0) is 82.5 Å². The summed E-state index contributed by atoms with van der Waals surface area (Å²) in [4.78, 5) is 23.8. The van der Waals surface area contributed by atoms with E-state index >= 15 is 0 Å². The Bertz CT molecular complexity index is 1320. The van der Waals surface area contributed by atoms with Crippen molar-refractivity contribution in [2.24, 2.45) is 0 Å². The third-order valence-corrected chi connectivity index (χ3v) is 5.51. The first kappa shape index (κ1) is 25.8. The van der Waals surface area contributed by atoms with Gasteiger partial charge in [-0.3, -0.25) is 4.79 Å². The van der Waals surface area contributed by atoms with Crippen molar-refractivity contribution in [3.05, 3.63) is 92.4 Å². The highest BCUT2D eigenvalue weighted by molar-refractivity contribution is 9.10. The Kier molecular flexibility index (Phi) is 8.90. The number of hydrogen-bond acceptors (Lipinski definition) is 5. The molecule has 0 aliphatic rings. The van der Waals surface area contributed by atoms with Gasteiger partial charge in [0.1, 0.15) is 18.2 Å². The molecule has 2 N–H and O–H groups in total. The number of aromatic carboxylic acids is 1. The van der Waals surface area contributed by atoms with Gasteiger partial charge in [-0.25, -0.2) is 4.79 Å². The summed E-state index contributed by atoms with van der Waals surface area (Å²) >= 11 is 9.41.